The predicted octanol–water partition coefficient (Wildman–Crippen LogP) is 0.812. The molecule has 5 nitrogen and oxygen atoms in total. The van der Waals surface area contributed by atoms with Gasteiger partial charge in [-0.3, -0.25) is 9.69 Å². The second-order valence-electron chi connectivity index (χ2n) is 5.46. The van der Waals surface area contributed by atoms with Crippen LogP contribution in [0.15, 0.2) is 30.3 Å². The molecule has 1 aliphatic rings. The first kappa shape index (κ1) is 16.0. The number of likely N-dealkylation sites (N-methyl/N-ethyl adjacent to an activating group) is 1. The van der Waals surface area contributed by atoms with Gasteiger partial charge in [-0.05, 0) is 18.5 Å². The summed E-state index contributed by atoms with van der Waals surface area (Å²) < 4.78 is 22.8. The average molecular weight is 310 g/mol. The summed E-state index contributed by atoms with van der Waals surface area (Å²) >= 11 is 0. The van der Waals surface area contributed by atoms with Crippen molar-refractivity contribution in [2.45, 2.75) is 25.9 Å². The fraction of sp³-hybridized carbons (Fsp3) is 0.533. The van der Waals surface area contributed by atoms with Gasteiger partial charge in [0.05, 0.1) is 18.1 Å². The molecule has 0 unspecified atom stereocenters. The second kappa shape index (κ2) is 7.04. The third kappa shape index (κ3) is 5.13. The van der Waals surface area contributed by atoms with E-state index in [0.717, 1.165) is 12.1 Å². The molecular weight excluding hydrogens is 288 g/mol. The minimum Gasteiger partial charge on any atom is -0.351 e. The number of benzene rings is 1. The Hall–Kier alpha value is -1.40. The molecule has 1 amide bonds. The summed E-state index contributed by atoms with van der Waals surface area (Å²) in [7, 11) is -2.95. The maximum atomic E-state index is 12.0. The number of rotatable bonds is 6. The van der Waals surface area contributed by atoms with E-state index >= 15 is 0 Å². The molecule has 0 spiro atoms. The van der Waals surface area contributed by atoms with Crippen LogP contribution in [0, 0.1) is 0 Å². The Morgan fingerprint density at radius 1 is 1.33 bits per heavy atom. The molecule has 1 aromatic carbocycles. The van der Waals surface area contributed by atoms with E-state index in [4.69, 9.17) is 0 Å². The summed E-state index contributed by atoms with van der Waals surface area (Å²) in [5, 5.41) is 2.83. The maximum Gasteiger partial charge on any atom is 0.234 e. The van der Waals surface area contributed by atoms with Crippen LogP contribution < -0.4 is 5.32 Å². The van der Waals surface area contributed by atoms with Crippen LogP contribution in [-0.2, 0) is 21.2 Å². The monoisotopic (exact) mass is 310 g/mol. The molecule has 0 bridgehead atoms. The quantitative estimate of drug-likeness (QED) is 0.844. The Balaban J connectivity index is 1.83. The second-order valence-corrected chi connectivity index (χ2v) is 7.69. The first-order valence-electron chi connectivity index (χ1n) is 7.24. The van der Waals surface area contributed by atoms with Gasteiger partial charge >= 0.3 is 0 Å². The van der Waals surface area contributed by atoms with Crippen LogP contribution in [-0.4, -0.2) is 49.9 Å². The van der Waals surface area contributed by atoms with E-state index in [9.17, 15) is 13.2 Å². The van der Waals surface area contributed by atoms with E-state index in [1.165, 1.54) is 0 Å². The van der Waals surface area contributed by atoms with Gasteiger partial charge in [0.25, 0.3) is 0 Å². The molecule has 1 saturated heterocycles. The van der Waals surface area contributed by atoms with E-state index in [-0.39, 0.29) is 23.5 Å². The SMILES string of the molecule is CCN(CC(=O)N[C@H]1CCS(=O)(=O)C1)Cc1ccccc1. The highest BCUT2D eigenvalue weighted by atomic mass is 32.2. The van der Waals surface area contributed by atoms with Crippen LogP contribution >= 0.6 is 0 Å². The highest BCUT2D eigenvalue weighted by Crippen LogP contribution is 2.11. The summed E-state index contributed by atoms with van der Waals surface area (Å²) in [5.41, 5.74) is 1.16. The fourth-order valence-electron chi connectivity index (χ4n) is 2.51. The third-order valence-corrected chi connectivity index (χ3v) is 5.43. The molecule has 6 heteroatoms. The zero-order valence-corrected chi connectivity index (χ0v) is 13.1. The largest absolute Gasteiger partial charge is 0.351 e. The first-order valence-corrected chi connectivity index (χ1v) is 9.06. The van der Waals surface area contributed by atoms with E-state index in [2.05, 4.69) is 5.32 Å². The third-order valence-electron chi connectivity index (χ3n) is 3.66. The van der Waals surface area contributed by atoms with Crippen LogP contribution in [0.3, 0.4) is 0 Å². The van der Waals surface area contributed by atoms with Crippen molar-refractivity contribution < 1.29 is 13.2 Å². The molecule has 0 aliphatic carbocycles. The van der Waals surface area contributed by atoms with Crippen molar-refractivity contribution in [3.05, 3.63) is 35.9 Å². The standard InChI is InChI=1S/C15H22N2O3S/c1-2-17(10-13-6-4-3-5-7-13)11-15(18)16-14-8-9-21(19,20)12-14/h3-7,14H,2,8-12H2,1H3,(H,16,18)/t14-/m0/s1. The summed E-state index contributed by atoms with van der Waals surface area (Å²) in [6, 6.07) is 9.76. The molecule has 1 heterocycles. The lowest BCUT2D eigenvalue weighted by Gasteiger charge is -2.21. The summed E-state index contributed by atoms with van der Waals surface area (Å²) in [4.78, 5) is 14.1. The Kier molecular flexibility index (Phi) is 5.36. The van der Waals surface area contributed by atoms with Crippen molar-refractivity contribution in [1.29, 1.82) is 0 Å². The molecule has 116 valence electrons. The molecular formula is C15H22N2O3S. The zero-order chi connectivity index (χ0) is 15.3. The smallest absolute Gasteiger partial charge is 0.234 e. The number of hydrogen-bond donors (Lipinski definition) is 1. The molecule has 1 atom stereocenters. The molecule has 1 N–H and O–H groups in total. The number of nitrogens with one attached hydrogen (secondary N) is 1. The Bertz CT molecular complexity index is 572. The van der Waals surface area contributed by atoms with Crippen LogP contribution in [0.2, 0.25) is 0 Å². The number of hydrogen-bond acceptors (Lipinski definition) is 4. The van der Waals surface area contributed by atoms with Gasteiger partial charge in [0, 0.05) is 12.6 Å². The van der Waals surface area contributed by atoms with Gasteiger partial charge in [-0.2, -0.15) is 0 Å². The van der Waals surface area contributed by atoms with Crippen LogP contribution in [0.25, 0.3) is 0 Å². The van der Waals surface area contributed by atoms with Gasteiger partial charge < -0.3 is 5.32 Å². The van der Waals surface area contributed by atoms with Gasteiger partial charge in [-0.15, -0.1) is 0 Å². The molecule has 0 radical (unpaired) electrons. The van der Waals surface area contributed by atoms with Crippen molar-refractivity contribution in [2.75, 3.05) is 24.6 Å². The minimum absolute atomic E-state index is 0.0730. The molecule has 0 saturated carbocycles. The van der Waals surface area contributed by atoms with E-state index < -0.39 is 9.84 Å². The van der Waals surface area contributed by atoms with Crippen molar-refractivity contribution in [2.24, 2.45) is 0 Å². The van der Waals surface area contributed by atoms with Gasteiger partial charge in [0.15, 0.2) is 9.84 Å². The van der Waals surface area contributed by atoms with E-state index in [1.54, 1.807) is 0 Å². The molecule has 1 fully saturated rings. The van der Waals surface area contributed by atoms with Gasteiger partial charge in [-0.1, -0.05) is 37.3 Å². The van der Waals surface area contributed by atoms with Crippen molar-refractivity contribution in [3.8, 4) is 0 Å². The van der Waals surface area contributed by atoms with Gasteiger partial charge in [-0.25, -0.2) is 8.42 Å². The highest BCUT2D eigenvalue weighted by Gasteiger charge is 2.29. The van der Waals surface area contributed by atoms with E-state index in [0.29, 0.717) is 19.5 Å². The first-order chi connectivity index (χ1) is 9.98. The van der Waals surface area contributed by atoms with E-state index in [1.807, 2.05) is 42.2 Å². The van der Waals surface area contributed by atoms with Gasteiger partial charge in [0.1, 0.15) is 0 Å². The summed E-state index contributed by atoms with van der Waals surface area (Å²) in [6.45, 7) is 3.79. The van der Waals surface area contributed by atoms with Gasteiger partial charge in [0.2, 0.25) is 5.91 Å². The predicted molar refractivity (Wildman–Crippen MR) is 82.6 cm³/mol. The molecule has 1 aromatic rings. The number of sulfone groups is 1. The number of carbonyl (C=O) groups is 1. The lowest BCUT2D eigenvalue weighted by Crippen LogP contribution is -2.42. The normalized spacial score (nSPS) is 20.6. The minimum atomic E-state index is -2.95. The number of amides is 1. The topological polar surface area (TPSA) is 66.5 Å². The molecule has 2 rings (SSSR count). The Labute approximate surface area is 126 Å². The maximum absolute atomic E-state index is 12.0. The number of nitrogens with zero attached hydrogens (tertiary/aromatic N) is 1. The Morgan fingerprint density at radius 2 is 2.05 bits per heavy atom. The Morgan fingerprint density at radius 3 is 2.62 bits per heavy atom. The summed E-state index contributed by atoms with van der Waals surface area (Å²) in [5.74, 6) is 0.151. The average Bonchev–Trinajstić information content (AvgIpc) is 2.78. The molecule has 1 aliphatic heterocycles. The fourth-order valence-corrected chi connectivity index (χ4v) is 4.18. The zero-order valence-electron chi connectivity index (χ0n) is 12.3. The lowest BCUT2D eigenvalue weighted by molar-refractivity contribution is -0.122. The van der Waals surface area contributed by atoms with Crippen molar-refractivity contribution in [3.63, 3.8) is 0 Å². The summed E-state index contributed by atoms with van der Waals surface area (Å²) in [6.07, 6.45) is 0.527. The lowest BCUT2D eigenvalue weighted by atomic mass is 10.2. The highest BCUT2D eigenvalue weighted by molar-refractivity contribution is 7.91. The number of carbonyl (C=O) groups excluding carboxylic acids is 1. The van der Waals surface area contributed by atoms with Crippen molar-refractivity contribution in [1.82, 2.24) is 10.2 Å². The van der Waals surface area contributed by atoms with Crippen molar-refractivity contribution >= 4 is 15.7 Å². The van der Waals surface area contributed by atoms with Crippen LogP contribution in [0.1, 0.15) is 18.9 Å². The van der Waals surface area contributed by atoms with Crippen LogP contribution in [0.4, 0.5) is 0 Å². The molecule has 0 aromatic heterocycles. The van der Waals surface area contributed by atoms with Crippen LogP contribution in [0.5, 0.6) is 0 Å². The molecule has 21 heavy (non-hydrogen) atoms.